The molecule has 0 unspecified atom stereocenters. The van der Waals surface area contributed by atoms with Gasteiger partial charge < -0.3 is 9.64 Å². The Hall–Kier alpha value is -1.62. The van der Waals surface area contributed by atoms with Crippen molar-refractivity contribution in [2.45, 2.75) is 19.8 Å². The maximum atomic E-state index is 12.3. The zero-order chi connectivity index (χ0) is 13.3. The molecule has 2 fully saturated rings. The third-order valence-corrected chi connectivity index (χ3v) is 3.92. The molecule has 5 nitrogen and oxygen atoms in total. The number of carbonyl (C=O) groups is 1. The van der Waals surface area contributed by atoms with Crippen LogP contribution in [0.3, 0.4) is 0 Å². The summed E-state index contributed by atoms with van der Waals surface area (Å²) in [7, 11) is 0. The van der Waals surface area contributed by atoms with Gasteiger partial charge in [-0.1, -0.05) is 6.07 Å². The van der Waals surface area contributed by atoms with Crippen LogP contribution in [0.5, 0.6) is 0 Å². The summed E-state index contributed by atoms with van der Waals surface area (Å²) in [6.45, 7) is 4.80. The Morgan fingerprint density at radius 3 is 3.11 bits per heavy atom. The first-order valence-electron chi connectivity index (χ1n) is 6.74. The standard InChI is InChI=1S/C14H19N3O2/c1-11-3-2-6-15-12(11)16-13(18)17-7-8-19-10-14(9-17)4-5-14/h2-3,6H,4-5,7-10H2,1H3,(H,15,16,18). The van der Waals surface area contributed by atoms with Gasteiger partial charge in [0.25, 0.3) is 0 Å². The van der Waals surface area contributed by atoms with E-state index in [0.717, 1.165) is 18.7 Å². The molecule has 19 heavy (non-hydrogen) atoms. The minimum Gasteiger partial charge on any atom is -0.379 e. The van der Waals surface area contributed by atoms with Gasteiger partial charge in [-0.3, -0.25) is 5.32 Å². The average molecular weight is 261 g/mol. The predicted octanol–water partition coefficient (Wildman–Crippen LogP) is 2.03. The van der Waals surface area contributed by atoms with E-state index in [-0.39, 0.29) is 11.4 Å². The van der Waals surface area contributed by atoms with Crippen LogP contribution in [-0.2, 0) is 4.74 Å². The molecule has 1 aromatic rings. The normalized spacial score (nSPS) is 21.0. The van der Waals surface area contributed by atoms with Gasteiger partial charge in [0.05, 0.1) is 13.2 Å². The fraction of sp³-hybridized carbons (Fsp3) is 0.571. The van der Waals surface area contributed by atoms with Gasteiger partial charge in [0.2, 0.25) is 0 Å². The zero-order valence-corrected chi connectivity index (χ0v) is 11.2. The van der Waals surface area contributed by atoms with Crippen molar-refractivity contribution in [2.24, 2.45) is 5.41 Å². The Morgan fingerprint density at radius 2 is 2.37 bits per heavy atom. The summed E-state index contributed by atoms with van der Waals surface area (Å²) >= 11 is 0. The lowest BCUT2D eigenvalue weighted by atomic mass is 10.1. The maximum absolute atomic E-state index is 12.3. The van der Waals surface area contributed by atoms with Crippen LogP contribution in [-0.4, -0.2) is 42.2 Å². The molecule has 1 aromatic heterocycles. The van der Waals surface area contributed by atoms with Crippen molar-refractivity contribution in [3.05, 3.63) is 23.9 Å². The molecule has 102 valence electrons. The van der Waals surface area contributed by atoms with Gasteiger partial charge in [0.15, 0.2) is 0 Å². The van der Waals surface area contributed by atoms with Crippen molar-refractivity contribution < 1.29 is 9.53 Å². The van der Waals surface area contributed by atoms with Gasteiger partial charge in [-0.15, -0.1) is 0 Å². The Balaban J connectivity index is 1.68. The highest BCUT2D eigenvalue weighted by molar-refractivity contribution is 5.89. The van der Waals surface area contributed by atoms with E-state index in [1.54, 1.807) is 6.20 Å². The highest BCUT2D eigenvalue weighted by Gasteiger charge is 2.46. The number of carbonyl (C=O) groups excluding carboxylic acids is 1. The SMILES string of the molecule is Cc1cccnc1NC(=O)N1CCOCC2(CC2)C1. The lowest BCUT2D eigenvalue weighted by Crippen LogP contribution is -2.39. The number of hydrogen-bond donors (Lipinski definition) is 1. The summed E-state index contributed by atoms with van der Waals surface area (Å²) in [6, 6.07) is 3.74. The lowest BCUT2D eigenvalue weighted by Gasteiger charge is -2.23. The van der Waals surface area contributed by atoms with Crippen LogP contribution in [0.25, 0.3) is 0 Å². The number of aromatic nitrogens is 1. The maximum Gasteiger partial charge on any atom is 0.323 e. The number of anilines is 1. The first-order chi connectivity index (χ1) is 9.19. The third kappa shape index (κ3) is 2.71. The van der Waals surface area contributed by atoms with E-state index in [1.165, 1.54) is 12.8 Å². The van der Waals surface area contributed by atoms with Crippen LogP contribution in [0.4, 0.5) is 10.6 Å². The van der Waals surface area contributed by atoms with Crippen LogP contribution < -0.4 is 5.32 Å². The molecule has 1 saturated heterocycles. The number of nitrogens with one attached hydrogen (secondary N) is 1. The van der Waals surface area contributed by atoms with Gasteiger partial charge >= 0.3 is 6.03 Å². The molecular weight excluding hydrogens is 242 g/mol. The molecule has 0 radical (unpaired) electrons. The minimum absolute atomic E-state index is 0.0708. The molecule has 1 N–H and O–H groups in total. The molecule has 1 saturated carbocycles. The lowest BCUT2D eigenvalue weighted by molar-refractivity contribution is 0.115. The van der Waals surface area contributed by atoms with Crippen molar-refractivity contribution >= 4 is 11.8 Å². The second-order valence-electron chi connectivity index (χ2n) is 5.57. The number of ether oxygens (including phenoxy) is 1. The van der Waals surface area contributed by atoms with Crippen LogP contribution in [0.1, 0.15) is 18.4 Å². The zero-order valence-electron chi connectivity index (χ0n) is 11.2. The van der Waals surface area contributed by atoms with E-state index in [1.807, 2.05) is 24.0 Å². The molecule has 2 amide bonds. The summed E-state index contributed by atoms with van der Waals surface area (Å²) in [5, 5.41) is 2.89. The van der Waals surface area contributed by atoms with E-state index in [2.05, 4.69) is 10.3 Å². The number of urea groups is 1. The summed E-state index contributed by atoms with van der Waals surface area (Å²) < 4.78 is 5.59. The number of nitrogens with zero attached hydrogens (tertiary/aromatic N) is 2. The van der Waals surface area contributed by atoms with Gasteiger partial charge in [-0.25, -0.2) is 9.78 Å². The highest BCUT2D eigenvalue weighted by Crippen LogP contribution is 2.47. The molecule has 2 heterocycles. The van der Waals surface area contributed by atoms with Crippen molar-refractivity contribution in [1.82, 2.24) is 9.88 Å². The number of pyridine rings is 1. The largest absolute Gasteiger partial charge is 0.379 e. The van der Waals surface area contributed by atoms with Gasteiger partial charge in [0, 0.05) is 24.7 Å². The van der Waals surface area contributed by atoms with Crippen LogP contribution >= 0.6 is 0 Å². The smallest absolute Gasteiger partial charge is 0.323 e. The molecule has 5 heteroatoms. The number of amides is 2. The Kier molecular flexibility index (Phi) is 3.14. The van der Waals surface area contributed by atoms with Crippen LogP contribution in [0.2, 0.25) is 0 Å². The molecule has 0 atom stereocenters. The van der Waals surface area contributed by atoms with E-state index in [4.69, 9.17) is 4.74 Å². The molecule has 0 aromatic carbocycles. The Morgan fingerprint density at radius 1 is 1.53 bits per heavy atom. The molecule has 1 aliphatic heterocycles. The first-order valence-corrected chi connectivity index (χ1v) is 6.74. The second kappa shape index (κ2) is 4.81. The van der Waals surface area contributed by atoms with Crippen molar-refractivity contribution in [1.29, 1.82) is 0 Å². The number of aryl methyl sites for hydroxylation is 1. The Labute approximate surface area is 113 Å². The van der Waals surface area contributed by atoms with Crippen LogP contribution in [0, 0.1) is 12.3 Å². The summed E-state index contributed by atoms with van der Waals surface area (Å²) in [4.78, 5) is 18.4. The quantitative estimate of drug-likeness (QED) is 0.841. The van der Waals surface area contributed by atoms with Gasteiger partial charge in [0.1, 0.15) is 5.82 Å². The topological polar surface area (TPSA) is 54.5 Å². The third-order valence-electron chi connectivity index (χ3n) is 3.92. The summed E-state index contributed by atoms with van der Waals surface area (Å²) in [5.41, 5.74) is 1.20. The molecular formula is C14H19N3O2. The molecule has 1 spiro atoms. The van der Waals surface area contributed by atoms with E-state index < -0.39 is 0 Å². The second-order valence-corrected chi connectivity index (χ2v) is 5.57. The fourth-order valence-corrected chi connectivity index (χ4v) is 2.44. The minimum atomic E-state index is -0.0708. The molecule has 2 aliphatic rings. The molecule has 1 aliphatic carbocycles. The van der Waals surface area contributed by atoms with E-state index in [9.17, 15) is 4.79 Å². The number of rotatable bonds is 1. The highest BCUT2D eigenvalue weighted by atomic mass is 16.5. The predicted molar refractivity (Wildman–Crippen MR) is 72.1 cm³/mol. The average Bonchev–Trinajstić information content (AvgIpc) is 3.19. The van der Waals surface area contributed by atoms with E-state index >= 15 is 0 Å². The monoisotopic (exact) mass is 261 g/mol. The van der Waals surface area contributed by atoms with Crippen LogP contribution in [0.15, 0.2) is 18.3 Å². The molecule has 0 bridgehead atoms. The van der Waals surface area contributed by atoms with Gasteiger partial charge in [-0.05, 0) is 31.4 Å². The van der Waals surface area contributed by atoms with E-state index in [0.29, 0.717) is 19.0 Å². The number of hydrogen-bond acceptors (Lipinski definition) is 3. The van der Waals surface area contributed by atoms with Gasteiger partial charge in [-0.2, -0.15) is 0 Å². The fourth-order valence-electron chi connectivity index (χ4n) is 2.44. The van der Waals surface area contributed by atoms with Crippen molar-refractivity contribution in [3.8, 4) is 0 Å². The summed E-state index contributed by atoms with van der Waals surface area (Å²) in [6.07, 6.45) is 4.02. The molecule has 3 rings (SSSR count). The van der Waals surface area contributed by atoms with Crippen molar-refractivity contribution in [2.75, 3.05) is 31.6 Å². The summed E-state index contributed by atoms with van der Waals surface area (Å²) in [5.74, 6) is 0.641. The first kappa shape index (κ1) is 12.4. The van der Waals surface area contributed by atoms with Crippen molar-refractivity contribution in [3.63, 3.8) is 0 Å². The Bertz CT molecular complexity index is 485.